The van der Waals surface area contributed by atoms with E-state index < -0.39 is 24.5 Å². The first-order chi connectivity index (χ1) is 12.0. The second-order valence-electron chi connectivity index (χ2n) is 6.22. The molecule has 0 radical (unpaired) electrons. The van der Waals surface area contributed by atoms with Crippen LogP contribution in [0.25, 0.3) is 10.2 Å². The smallest absolute Gasteiger partial charge is 0.282 e. The average Bonchev–Trinajstić information content (AvgIpc) is 3.16. The number of aromatic nitrogens is 2. The van der Waals surface area contributed by atoms with Crippen LogP contribution in [0.2, 0.25) is 0 Å². The quantitative estimate of drug-likeness (QED) is 0.267. The van der Waals surface area contributed by atoms with Crippen LogP contribution in [0, 0.1) is 0 Å². The maximum atomic E-state index is 12.6. The number of nitrogen functional groups attached to an aromatic ring is 1. The zero-order valence-electron chi connectivity index (χ0n) is 13.2. The summed E-state index contributed by atoms with van der Waals surface area (Å²) in [7, 11) is 0. The molecular formula is C14H19N5O5S. The highest BCUT2D eigenvalue weighted by Crippen LogP contribution is 2.34. The summed E-state index contributed by atoms with van der Waals surface area (Å²) < 4.78 is 6.12. The summed E-state index contributed by atoms with van der Waals surface area (Å²) in [6.45, 7) is -0.142. The van der Waals surface area contributed by atoms with Crippen molar-refractivity contribution in [2.45, 2.75) is 43.8 Å². The Morgan fingerprint density at radius 1 is 1.28 bits per heavy atom. The number of aliphatic hydroxyl groups excluding tert-OH is 3. The molecule has 0 spiro atoms. The molecular weight excluding hydrogens is 350 g/mol. The lowest BCUT2D eigenvalue weighted by Gasteiger charge is -2.35. The van der Waals surface area contributed by atoms with E-state index in [-0.39, 0.29) is 18.1 Å². The van der Waals surface area contributed by atoms with Gasteiger partial charge in [-0.15, -0.1) is 11.3 Å². The van der Waals surface area contributed by atoms with Gasteiger partial charge >= 0.3 is 0 Å². The molecule has 1 unspecified atom stereocenters. The fourth-order valence-corrected chi connectivity index (χ4v) is 4.46. The maximum absolute atomic E-state index is 12.6. The van der Waals surface area contributed by atoms with Crippen LogP contribution in [-0.4, -0.2) is 56.1 Å². The van der Waals surface area contributed by atoms with Crippen molar-refractivity contribution in [2.75, 3.05) is 17.9 Å². The van der Waals surface area contributed by atoms with Crippen LogP contribution in [0.5, 0.6) is 0 Å². The van der Waals surface area contributed by atoms with Crippen molar-refractivity contribution in [1.29, 1.82) is 0 Å². The van der Waals surface area contributed by atoms with Crippen molar-refractivity contribution in [3.8, 4) is 0 Å². The molecule has 136 valence electrons. The van der Waals surface area contributed by atoms with Gasteiger partial charge in [-0.05, 0) is 24.8 Å². The molecule has 1 fully saturated rings. The van der Waals surface area contributed by atoms with Crippen molar-refractivity contribution in [3.05, 3.63) is 20.8 Å². The molecule has 0 aromatic carbocycles. The van der Waals surface area contributed by atoms with Crippen LogP contribution < -0.4 is 22.3 Å². The van der Waals surface area contributed by atoms with E-state index >= 15 is 0 Å². The molecule has 10 nitrogen and oxygen atoms in total. The predicted molar refractivity (Wildman–Crippen MR) is 90.6 cm³/mol. The molecule has 0 saturated carbocycles. The first-order valence-corrected chi connectivity index (χ1v) is 8.78. The summed E-state index contributed by atoms with van der Waals surface area (Å²) in [6, 6.07) is 0. The van der Waals surface area contributed by atoms with E-state index in [1.165, 1.54) is 16.2 Å². The summed E-state index contributed by atoms with van der Waals surface area (Å²) in [5.74, 6) is 5.92. The molecule has 4 rings (SSSR count). The number of aryl methyl sites for hydroxylation is 2. The Morgan fingerprint density at radius 2 is 2.08 bits per heavy atom. The Kier molecular flexibility index (Phi) is 4.14. The number of fused-ring (bicyclic) bond motifs is 3. The number of nitrogens with zero attached hydrogens (tertiary/aromatic N) is 2. The van der Waals surface area contributed by atoms with Crippen LogP contribution in [-0.2, 0) is 17.6 Å². The van der Waals surface area contributed by atoms with Crippen molar-refractivity contribution < 1.29 is 20.1 Å². The van der Waals surface area contributed by atoms with Gasteiger partial charge in [-0.3, -0.25) is 10.2 Å². The molecule has 0 amide bonds. The third-order valence-corrected chi connectivity index (χ3v) is 5.78. The topological polar surface area (TPSA) is 155 Å². The molecule has 1 saturated heterocycles. The SMILES string of the molecule is Nn1c(NNC2OC[C@@H](O)[C@H](O)[C@H]2O)nc2sc3c(c2c1=O)CCC3. The molecule has 1 aliphatic heterocycles. The lowest BCUT2D eigenvalue weighted by atomic mass is 10.1. The van der Waals surface area contributed by atoms with E-state index in [9.17, 15) is 20.1 Å². The Hall–Kier alpha value is -1.76. The number of thiophene rings is 1. The first-order valence-electron chi connectivity index (χ1n) is 7.97. The van der Waals surface area contributed by atoms with Crippen molar-refractivity contribution in [3.63, 3.8) is 0 Å². The summed E-state index contributed by atoms with van der Waals surface area (Å²) in [6.07, 6.45) is -2.02. The standard InChI is InChI=1S/C14H19N5O5S/c15-19-13(23)8-5-2-1-3-7(5)25-12(8)16-14(19)18-17-11-10(22)9(21)6(20)4-24-11/h6,9-11,17,20-22H,1-4,15H2,(H,16,18)/t6-,9+,10-,11?/m1/s1. The molecule has 11 heteroatoms. The van der Waals surface area contributed by atoms with E-state index in [2.05, 4.69) is 15.8 Å². The monoisotopic (exact) mass is 369 g/mol. The third kappa shape index (κ3) is 2.69. The van der Waals surface area contributed by atoms with Crippen molar-refractivity contribution in [1.82, 2.24) is 15.1 Å². The highest BCUT2D eigenvalue weighted by molar-refractivity contribution is 7.18. The van der Waals surface area contributed by atoms with Crippen LogP contribution in [0.1, 0.15) is 16.9 Å². The highest BCUT2D eigenvalue weighted by atomic mass is 32.1. The van der Waals surface area contributed by atoms with Crippen molar-refractivity contribution >= 4 is 27.5 Å². The van der Waals surface area contributed by atoms with Gasteiger partial charge in [-0.25, -0.2) is 10.4 Å². The lowest BCUT2D eigenvalue weighted by Crippen LogP contribution is -2.59. The van der Waals surface area contributed by atoms with Crippen LogP contribution in [0.15, 0.2) is 4.79 Å². The first kappa shape index (κ1) is 16.7. The molecule has 3 heterocycles. The van der Waals surface area contributed by atoms with Gasteiger partial charge in [0.2, 0.25) is 5.95 Å². The molecule has 25 heavy (non-hydrogen) atoms. The highest BCUT2D eigenvalue weighted by Gasteiger charge is 2.37. The van der Waals surface area contributed by atoms with Crippen LogP contribution in [0.3, 0.4) is 0 Å². The van der Waals surface area contributed by atoms with E-state index in [4.69, 9.17) is 10.6 Å². The average molecular weight is 369 g/mol. The molecule has 0 bridgehead atoms. The Morgan fingerprint density at radius 3 is 2.88 bits per heavy atom. The predicted octanol–water partition coefficient (Wildman–Crippen LogP) is -1.98. The molecule has 1 aliphatic carbocycles. The van der Waals surface area contributed by atoms with Crippen LogP contribution in [0.4, 0.5) is 5.95 Å². The molecule has 7 N–H and O–H groups in total. The number of hydrogen-bond acceptors (Lipinski definition) is 10. The van der Waals surface area contributed by atoms with Gasteiger partial charge in [-0.2, -0.15) is 4.68 Å². The minimum absolute atomic E-state index is 0.0637. The number of aliphatic hydroxyl groups is 3. The van der Waals surface area contributed by atoms with Gasteiger partial charge < -0.3 is 25.9 Å². The Labute approximate surface area is 145 Å². The largest absolute Gasteiger partial charge is 0.388 e. The summed E-state index contributed by atoms with van der Waals surface area (Å²) in [5.41, 5.74) is 5.98. The number of rotatable bonds is 3. The molecule has 2 aliphatic rings. The number of anilines is 1. The minimum Gasteiger partial charge on any atom is -0.388 e. The third-order valence-electron chi connectivity index (χ3n) is 4.60. The van der Waals surface area contributed by atoms with Gasteiger partial charge in [0.05, 0.1) is 12.0 Å². The van der Waals surface area contributed by atoms with Crippen LogP contribution >= 0.6 is 11.3 Å². The molecule has 2 aromatic heterocycles. The van der Waals surface area contributed by atoms with Gasteiger partial charge in [0, 0.05) is 4.88 Å². The maximum Gasteiger partial charge on any atom is 0.282 e. The van der Waals surface area contributed by atoms with E-state index in [0.717, 1.165) is 29.5 Å². The molecule has 4 atom stereocenters. The second-order valence-corrected chi connectivity index (χ2v) is 7.30. The van der Waals surface area contributed by atoms with Gasteiger partial charge in [0.25, 0.3) is 5.56 Å². The van der Waals surface area contributed by atoms with Gasteiger partial charge in [0.15, 0.2) is 6.23 Å². The van der Waals surface area contributed by atoms with E-state index in [1.54, 1.807) is 0 Å². The van der Waals surface area contributed by atoms with E-state index in [0.29, 0.717) is 10.2 Å². The number of nitrogens with two attached hydrogens (primary N) is 1. The number of nitrogens with one attached hydrogen (secondary N) is 2. The summed E-state index contributed by atoms with van der Waals surface area (Å²) >= 11 is 1.48. The summed E-state index contributed by atoms with van der Waals surface area (Å²) in [5, 5.41) is 29.6. The lowest BCUT2D eigenvalue weighted by molar-refractivity contribution is -0.193. The zero-order valence-corrected chi connectivity index (χ0v) is 14.0. The number of hydrazine groups is 1. The molecule has 2 aromatic rings. The van der Waals surface area contributed by atoms with Gasteiger partial charge in [-0.1, -0.05) is 0 Å². The fraction of sp³-hybridized carbons (Fsp3) is 0.571. The second kappa shape index (κ2) is 6.20. The Balaban J connectivity index is 1.58. The normalized spacial score (nSPS) is 29.1. The summed E-state index contributed by atoms with van der Waals surface area (Å²) in [4.78, 5) is 18.7. The number of ether oxygens (including phenoxy) is 1. The fourth-order valence-electron chi connectivity index (χ4n) is 3.21. The van der Waals surface area contributed by atoms with Gasteiger partial charge in [0.1, 0.15) is 23.1 Å². The minimum atomic E-state index is -1.36. The Bertz CT molecular complexity index is 867. The number of hydrogen-bond donors (Lipinski definition) is 6. The van der Waals surface area contributed by atoms with E-state index in [1.807, 2.05) is 0 Å². The zero-order chi connectivity index (χ0) is 17.7. The van der Waals surface area contributed by atoms with Crippen molar-refractivity contribution in [2.24, 2.45) is 0 Å².